The van der Waals surface area contributed by atoms with Crippen LogP contribution < -0.4 is 5.32 Å². The van der Waals surface area contributed by atoms with Crippen molar-refractivity contribution in [2.75, 3.05) is 13.2 Å². The van der Waals surface area contributed by atoms with Crippen LogP contribution in [0.5, 0.6) is 0 Å². The number of nitrogens with zero attached hydrogens (tertiary/aromatic N) is 1. The number of carbonyl (C=O) groups is 2. The van der Waals surface area contributed by atoms with E-state index in [1.54, 1.807) is 0 Å². The zero-order valence-corrected chi connectivity index (χ0v) is 15.5. The first-order valence-corrected chi connectivity index (χ1v) is 9.42. The number of carboxylic acids is 1. The van der Waals surface area contributed by atoms with Crippen molar-refractivity contribution in [3.05, 3.63) is 35.4 Å². The third-order valence-electron chi connectivity index (χ3n) is 5.63. The van der Waals surface area contributed by atoms with Gasteiger partial charge in [0, 0.05) is 6.04 Å². The molecule has 0 aromatic heterocycles. The number of nitrogens with one attached hydrogen (secondary N) is 1. The highest BCUT2D eigenvalue weighted by molar-refractivity contribution is 5.75. The number of hydrogen-bond donors (Lipinski definition) is 2. The molecule has 1 aromatic carbocycles. The number of aliphatic carboxylic acids is 1. The lowest BCUT2D eigenvalue weighted by Gasteiger charge is -2.39. The molecule has 2 aliphatic rings. The summed E-state index contributed by atoms with van der Waals surface area (Å²) in [4.78, 5) is 25.7. The van der Waals surface area contributed by atoms with Gasteiger partial charge < -0.3 is 20.1 Å². The van der Waals surface area contributed by atoms with E-state index in [1.807, 2.05) is 24.0 Å². The van der Waals surface area contributed by atoms with Crippen LogP contribution >= 0.6 is 0 Å². The summed E-state index contributed by atoms with van der Waals surface area (Å²) in [7, 11) is 0. The van der Waals surface area contributed by atoms with Gasteiger partial charge in [0.2, 0.25) is 0 Å². The predicted molar refractivity (Wildman–Crippen MR) is 98.0 cm³/mol. The molecule has 0 radical (unpaired) electrons. The number of aryl methyl sites for hydroxylation is 1. The van der Waals surface area contributed by atoms with Gasteiger partial charge in [0.1, 0.15) is 6.10 Å². The maximum absolute atomic E-state index is 12.8. The van der Waals surface area contributed by atoms with Gasteiger partial charge in [0.15, 0.2) is 0 Å². The quantitative estimate of drug-likeness (QED) is 0.868. The number of urea groups is 1. The summed E-state index contributed by atoms with van der Waals surface area (Å²) in [5.41, 5.74) is 2.29. The van der Waals surface area contributed by atoms with E-state index in [4.69, 9.17) is 9.84 Å². The van der Waals surface area contributed by atoms with Crippen molar-refractivity contribution in [3.8, 4) is 0 Å². The molecule has 142 valence electrons. The van der Waals surface area contributed by atoms with Gasteiger partial charge in [0.25, 0.3) is 0 Å². The van der Waals surface area contributed by atoms with Crippen LogP contribution in [0.4, 0.5) is 4.79 Å². The zero-order valence-electron chi connectivity index (χ0n) is 15.5. The van der Waals surface area contributed by atoms with Crippen molar-refractivity contribution >= 4 is 12.0 Å². The van der Waals surface area contributed by atoms with E-state index in [0.29, 0.717) is 26.0 Å². The van der Waals surface area contributed by atoms with Crippen LogP contribution in [-0.4, -0.2) is 47.2 Å². The normalized spacial score (nSPS) is 29.2. The van der Waals surface area contributed by atoms with E-state index >= 15 is 0 Å². The molecule has 2 N–H and O–H groups in total. The van der Waals surface area contributed by atoms with E-state index in [-0.39, 0.29) is 30.1 Å². The molecule has 26 heavy (non-hydrogen) atoms. The van der Waals surface area contributed by atoms with Crippen LogP contribution in [-0.2, 0) is 9.53 Å². The summed E-state index contributed by atoms with van der Waals surface area (Å²) >= 11 is 0. The molecule has 1 saturated carbocycles. The van der Waals surface area contributed by atoms with Gasteiger partial charge in [-0.15, -0.1) is 0 Å². The Bertz CT molecular complexity index is 655. The topological polar surface area (TPSA) is 78.9 Å². The highest BCUT2D eigenvalue weighted by Gasteiger charge is 2.33. The summed E-state index contributed by atoms with van der Waals surface area (Å²) in [6, 6.07) is 8.12. The van der Waals surface area contributed by atoms with Gasteiger partial charge in [-0.1, -0.05) is 24.3 Å². The van der Waals surface area contributed by atoms with Crippen LogP contribution in [0, 0.1) is 12.8 Å². The largest absolute Gasteiger partial charge is 0.481 e. The van der Waals surface area contributed by atoms with Crippen LogP contribution in [0.3, 0.4) is 0 Å². The fourth-order valence-corrected chi connectivity index (χ4v) is 3.92. The minimum absolute atomic E-state index is 0.0191. The van der Waals surface area contributed by atoms with Gasteiger partial charge in [-0.25, -0.2) is 4.79 Å². The molecule has 6 nitrogen and oxygen atoms in total. The zero-order chi connectivity index (χ0) is 18.7. The third kappa shape index (κ3) is 4.18. The van der Waals surface area contributed by atoms with Crippen molar-refractivity contribution in [1.29, 1.82) is 0 Å². The van der Waals surface area contributed by atoms with Crippen LogP contribution in [0.25, 0.3) is 0 Å². The van der Waals surface area contributed by atoms with Crippen molar-refractivity contribution in [2.24, 2.45) is 5.92 Å². The SMILES string of the molecule is Cc1ccccc1C1CN(C(=O)NC2CCC(C(=O)O)CC2)C(C)CO1. The number of carboxylic acid groups (broad SMARTS) is 1. The molecule has 2 atom stereocenters. The molecule has 6 heteroatoms. The second-order valence-electron chi connectivity index (χ2n) is 7.52. The first-order chi connectivity index (χ1) is 12.5. The molecule has 2 unspecified atom stereocenters. The predicted octanol–water partition coefficient (Wildman–Crippen LogP) is 3.11. The maximum Gasteiger partial charge on any atom is 0.318 e. The van der Waals surface area contributed by atoms with Crippen LogP contribution in [0.15, 0.2) is 24.3 Å². The second kappa shape index (κ2) is 8.08. The fourth-order valence-electron chi connectivity index (χ4n) is 3.92. The Morgan fingerprint density at radius 2 is 1.88 bits per heavy atom. The Morgan fingerprint density at radius 1 is 1.19 bits per heavy atom. The van der Waals surface area contributed by atoms with Crippen LogP contribution in [0.2, 0.25) is 0 Å². The van der Waals surface area contributed by atoms with E-state index in [0.717, 1.165) is 18.4 Å². The number of carbonyl (C=O) groups excluding carboxylic acids is 1. The van der Waals surface area contributed by atoms with Crippen molar-refractivity contribution in [3.63, 3.8) is 0 Å². The van der Waals surface area contributed by atoms with E-state index in [9.17, 15) is 9.59 Å². The summed E-state index contributed by atoms with van der Waals surface area (Å²) in [6.07, 6.45) is 2.60. The highest BCUT2D eigenvalue weighted by atomic mass is 16.5. The maximum atomic E-state index is 12.8. The molecule has 1 saturated heterocycles. The molecule has 1 aromatic rings. The molecule has 1 aliphatic carbocycles. The van der Waals surface area contributed by atoms with E-state index in [2.05, 4.69) is 24.4 Å². The van der Waals surface area contributed by atoms with Gasteiger partial charge >= 0.3 is 12.0 Å². The molecular weight excluding hydrogens is 332 g/mol. The number of hydrogen-bond acceptors (Lipinski definition) is 3. The average Bonchev–Trinajstić information content (AvgIpc) is 2.63. The molecule has 3 rings (SSSR count). The Kier molecular flexibility index (Phi) is 5.81. The number of benzene rings is 1. The average molecular weight is 360 g/mol. The Hall–Kier alpha value is -2.08. The number of amides is 2. The Morgan fingerprint density at radius 3 is 2.54 bits per heavy atom. The lowest BCUT2D eigenvalue weighted by atomic mass is 9.86. The van der Waals surface area contributed by atoms with Gasteiger partial charge in [-0.05, 0) is 50.7 Å². The van der Waals surface area contributed by atoms with Gasteiger partial charge in [-0.3, -0.25) is 4.79 Å². The smallest absolute Gasteiger partial charge is 0.318 e. The fraction of sp³-hybridized carbons (Fsp3) is 0.600. The minimum atomic E-state index is -0.724. The first-order valence-electron chi connectivity index (χ1n) is 9.42. The number of morpholine rings is 1. The first kappa shape index (κ1) is 18.7. The monoisotopic (exact) mass is 360 g/mol. The van der Waals surface area contributed by atoms with Crippen molar-refractivity contribution in [1.82, 2.24) is 10.2 Å². The standard InChI is InChI=1S/C20H28N2O4/c1-13-5-3-4-6-17(13)18-11-22(14(2)12-26-18)20(25)21-16-9-7-15(8-10-16)19(23)24/h3-6,14-16,18H,7-12H2,1-2H3,(H,21,25)(H,23,24). The molecule has 1 aliphatic heterocycles. The number of rotatable bonds is 3. The summed E-state index contributed by atoms with van der Waals surface area (Å²) in [5.74, 6) is -0.992. The third-order valence-corrected chi connectivity index (χ3v) is 5.63. The molecule has 0 bridgehead atoms. The summed E-state index contributed by atoms with van der Waals surface area (Å²) < 4.78 is 5.98. The molecule has 2 fully saturated rings. The van der Waals surface area contributed by atoms with Crippen molar-refractivity contribution < 1.29 is 19.4 Å². The van der Waals surface area contributed by atoms with Crippen molar-refractivity contribution in [2.45, 2.75) is 57.7 Å². The van der Waals surface area contributed by atoms with Crippen LogP contribution in [0.1, 0.15) is 49.8 Å². The second-order valence-corrected chi connectivity index (χ2v) is 7.52. The molecule has 2 amide bonds. The molecular formula is C20H28N2O4. The Balaban J connectivity index is 1.59. The lowest BCUT2D eigenvalue weighted by molar-refractivity contribution is -0.142. The van der Waals surface area contributed by atoms with Gasteiger partial charge in [-0.2, -0.15) is 0 Å². The molecule has 0 spiro atoms. The number of ether oxygens (including phenoxy) is 1. The molecule has 1 heterocycles. The minimum Gasteiger partial charge on any atom is -0.481 e. The van der Waals surface area contributed by atoms with E-state index in [1.165, 1.54) is 5.56 Å². The van der Waals surface area contributed by atoms with E-state index < -0.39 is 5.97 Å². The van der Waals surface area contributed by atoms with Gasteiger partial charge in [0.05, 0.1) is 25.1 Å². The lowest BCUT2D eigenvalue weighted by Crippen LogP contribution is -2.54. The highest BCUT2D eigenvalue weighted by Crippen LogP contribution is 2.28. The summed E-state index contributed by atoms with van der Waals surface area (Å²) in [6.45, 7) is 5.09. The summed E-state index contributed by atoms with van der Waals surface area (Å²) in [5, 5.41) is 12.2. The Labute approximate surface area is 154 Å².